The van der Waals surface area contributed by atoms with Gasteiger partial charge in [-0.2, -0.15) is 0 Å². The summed E-state index contributed by atoms with van der Waals surface area (Å²) in [6.45, 7) is 7.78. The highest BCUT2D eigenvalue weighted by Gasteiger charge is 2.50. The molecule has 3 heteroatoms. The number of aliphatic carboxylic acids is 1. The van der Waals surface area contributed by atoms with Gasteiger partial charge in [-0.15, -0.1) is 0 Å². The van der Waals surface area contributed by atoms with Crippen LogP contribution in [-0.4, -0.2) is 16.7 Å². The summed E-state index contributed by atoms with van der Waals surface area (Å²) in [5.74, 6) is -0.995. The standard InChI is InChI=1S/C15H24O3/c1-10(13(16)17)11-5-8-14(2)6-4-7-15(3,18)12(14)9-11/h11-12,18H,1,4-9H2,2-3H3,(H,16,17)/p-1/t11-,12+,14-,15+/m1/s1. The molecule has 2 aliphatic rings. The monoisotopic (exact) mass is 251 g/mol. The van der Waals surface area contributed by atoms with Crippen molar-refractivity contribution in [2.75, 3.05) is 0 Å². The van der Waals surface area contributed by atoms with Gasteiger partial charge in [0, 0.05) is 0 Å². The zero-order chi connectivity index (χ0) is 13.6. The van der Waals surface area contributed by atoms with Crippen LogP contribution in [-0.2, 0) is 4.79 Å². The highest BCUT2D eigenvalue weighted by molar-refractivity contribution is 5.84. The Hall–Kier alpha value is -0.830. The van der Waals surface area contributed by atoms with Crippen LogP contribution >= 0.6 is 0 Å². The smallest absolute Gasteiger partial charge is 0.0671 e. The molecule has 0 aliphatic heterocycles. The van der Waals surface area contributed by atoms with Gasteiger partial charge in [0.05, 0.1) is 11.6 Å². The molecule has 0 amide bonds. The topological polar surface area (TPSA) is 60.4 Å². The van der Waals surface area contributed by atoms with E-state index < -0.39 is 11.6 Å². The van der Waals surface area contributed by atoms with Gasteiger partial charge >= 0.3 is 0 Å². The molecule has 0 aromatic carbocycles. The normalized spacial score (nSPS) is 44.2. The van der Waals surface area contributed by atoms with Gasteiger partial charge in [-0.3, -0.25) is 0 Å². The first kappa shape index (κ1) is 13.6. The van der Waals surface area contributed by atoms with E-state index in [1.807, 2.05) is 6.92 Å². The Morgan fingerprint density at radius 3 is 2.61 bits per heavy atom. The Bertz CT molecular complexity index is 372. The lowest BCUT2D eigenvalue weighted by atomic mass is 9.53. The molecular formula is C15H23O3-. The molecule has 2 aliphatic carbocycles. The molecule has 0 aromatic rings. The molecule has 0 aromatic heterocycles. The van der Waals surface area contributed by atoms with Gasteiger partial charge in [0.15, 0.2) is 0 Å². The third-order valence-corrected chi connectivity index (χ3v) is 5.36. The minimum absolute atomic E-state index is 0.0300. The second-order valence-corrected chi connectivity index (χ2v) is 6.70. The molecule has 0 saturated heterocycles. The van der Waals surface area contributed by atoms with Crippen molar-refractivity contribution in [3.63, 3.8) is 0 Å². The van der Waals surface area contributed by atoms with Crippen LogP contribution in [0.1, 0.15) is 52.4 Å². The summed E-state index contributed by atoms with van der Waals surface area (Å²) in [6, 6.07) is 0. The van der Waals surface area contributed by atoms with E-state index in [4.69, 9.17) is 0 Å². The summed E-state index contributed by atoms with van der Waals surface area (Å²) in [4.78, 5) is 10.9. The number of fused-ring (bicyclic) bond motifs is 1. The van der Waals surface area contributed by atoms with Crippen molar-refractivity contribution in [2.45, 2.75) is 58.0 Å². The fourth-order valence-electron chi connectivity index (χ4n) is 4.18. The van der Waals surface area contributed by atoms with E-state index in [1.54, 1.807) is 0 Å². The first-order chi connectivity index (χ1) is 8.26. The van der Waals surface area contributed by atoms with E-state index in [0.29, 0.717) is 0 Å². The summed E-state index contributed by atoms with van der Waals surface area (Å²) in [7, 11) is 0. The Balaban J connectivity index is 2.19. The Labute approximate surface area is 109 Å². The third kappa shape index (κ3) is 2.20. The molecule has 18 heavy (non-hydrogen) atoms. The second kappa shape index (κ2) is 4.37. The molecular weight excluding hydrogens is 228 g/mol. The summed E-state index contributed by atoms with van der Waals surface area (Å²) in [5, 5.41) is 21.5. The summed E-state index contributed by atoms with van der Waals surface area (Å²) >= 11 is 0. The number of aliphatic hydroxyl groups is 1. The predicted molar refractivity (Wildman–Crippen MR) is 67.6 cm³/mol. The zero-order valence-electron chi connectivity index (χ0n) is 11.4. The summed E-state index contributed by atoms with van der Waals surface area (Å²) in [5.41, 5.74) is -0.305. The third-order valence-electron chi connectivity index (χ3n) is 5.36. The van der Waals surface area contributed by atoms with E-state index in [9.17, 15) is 15.0 Å². The minimum Gasteiger partial charge on any atom is -0.545 e. The number of rotatable bonds is 2. The van der Waals surface area contributed by atoms with Gasteiger partial charge in [-0.25, -0.2) is 0 Å². The number of hydrogen-bond acceptors (Lipinski definition) is 3. The van der Waals surface area contributed by atoms with Crippen LogP contribution < -0.4 is 5.11 Å². The molecule has 2 fully saturated rings. The van der Waals surface area contributed by atoms with Crippen LogP contribution in [0.4, 0.5) is 0 Å². The Morgan fingerprint density at radius 2 is 2.00 bits per heavy atom. The molecule has 2 rings (SSSR count). The van der Waals surface area contributed by atoms with Crippen molar-refractivity contribution in [1.29, 1.82) is 0 Å². The fourth-order valence-corrected chi connectivity index (χ4v) is 4.18. The molecule has 0 bridgehead atoms. The zero-order valence-corrected chi connectivity index (χ0v) is 11.4. The second-order valence-electron chi connectivity index (χ2n) is 6.70. The fraction of sp³-hybridized carbons (Fsp3) is 0.800. The highest BCUT2D eigenvalue weighted by Crippen LogP contribution is 2.56. The number of carbonyl (C=O) groups is 1. The van der Waals surface area contributed by atoms with Gasteiger partial charge in [0.2, 0.25) is 0 Å². The molecule has 1 N–H and O–H groups in total. The molecule has 0 unspecified atom stereocenters. The number of carboxylic acids is 1. The van der Waals surface area contributed by atoms with E-state index in [0.717, 1.165) is 38.5 Å². The maximum absolute atomic E-state index is 10.9. The van der Waals surface area contributed by atoms with Crippen LogP contribution in [0.3, 0.4) is 0 Å². The van der Waals surface area contributed by atoms with Gasteiger partial charge < -0.3 is 15.0 Å². The lowest BCUT2D eigenvalue weighted by molar-refractivity contribution is -0.300. The average molecular weight is 251 g/mol. The molecule has 0 radical (unpaired) electrons. The molecule has 4 atom stereocenters. The van der Waals surface area contributed by atoms with Gasteiger partial charge in [0.25, 0.3) is 0 Å². The predicted octanol–water partition coefficient (Wildman–Crippen LogP) is 1.65. The molecule has 102 valence electrons. The van der Waals surface area contributed by atoms with E-state index in [-0.39, 0.29) is 22.8 Å². The van der Waals surface area contributed by atoms with Crippen LogP contribution in [0.25, 0.3) is 0 Å². The van der Waals surface area contributed by atoms with Gasteiger partial charge in [-0.1, -0.05) is 19.9 Å². The van der Waals surface area contributed by atoms with E-state index in [1.165, 1.54) is 0 Å². The van der Waals surface area contributed by atoms with Crippen LogP contribution in [0.2, 0.25) is 0 Å². The largest absolute Gasteiger partial charge is 0.545 e. The van der Waals surface area contributed by atoms with Crippen molar-refractivity contribution >= 4 is 5.97 Å². The Morgan fingerprint density at radius 1 is 1.33 bits per heavy atom. The van der Waals surface area contributed by atoms with Crippen molar-refractivity contribution in [2.24, 2.45) is 17.3 Å². The van der Waals surface area contributed by atoms with E-state index >= 15 is 0 Å². The molecule has 2 saturated carbocycles. The summed E-state index contributed by atoms with van der Waals surface area (Å²) in [6.07, 6.45) is 5.58. The van der Waals surface area contributed by atoms with E-state index in [2.05, 4.69) is 13.5 Å². The average Bonchev–Trinajstić information content (AvgIpc) is 2.27. The van der Waals surface area contributed by atoms with Crippen molar-refractivity contribution in [1.82, 2.24) is 0 Å². The quantitative estimate of drug-likeness (QED) is 0.759. The summed E-state index contributed by atoms with van der Waals surface area (Å²) < 4.78 is 0. The molecule has 0 spiro atoms. The number of hydrogen-bond donors (Lipinski definition) is 1. The van der Waals surface area contributed by atoms with Crippen molar-refractivity contribution in [3.05, 3.63) is 12.2 Å². The van der Waals surface area contributed by atoms with Crippen molar-refractivity contribution in [3.8, 4) is 0 Å². The van der Waals surface area contributed by atoms with Gasteiger partial charge in [0.1, 0.15) is 0 Å². The maximum Gasteiger partial charge on any atom is 0.0671 e. The lowest BCUT2D eigenvalue weighted by Crippen LogP contribution is -2.51. The minimum atomic E-state index is -1.14. The first-order valence-electron chi connectivity index (χ1n) is 6.89. The van der Waals surface area contributed by atoms with Crippen molar-refractivity contribution < 1.29 is 15.0 Å². The lowest BCUT2D eigenvalue weighted by Gasteiger charge is -2.54. The van der Waals surface area contributed by atoms with Crippen LogP contribution in [0.15, 0.2) is 12.2 Å². The maximum atomic E-state index is 10.9. The molecule has 0 heterocycles. The number of carbonyl (C=O) groups excluding carboxylic acids is 1. The van der Waals surface area contributed by atoms with Crippen LogP contribution in [0.5, 0.6) is 0 Å². The highest BCUT2D eigenvalue weighted by atomic mass is 16.4. The molecule has 3 nitrogen and oxygen atoms in total. The van der Waals surface area contributed by atoms with Gasteiger partial charge in [-0.05, 0) is 61.9 Å². The Kier molecular flexibility index (Phi) is 3.30. The van der Waals surface area contributed by atoms with Crippen LogP contribution in [0, 0.1) is 17.3 Å². The number of carboxylic acid groups (broad SMARTS) is 1. The SMILES string of the molecule is C=C(C(=O)[O-])[C@@H]1CC[C@@]2(C)CCC[C@](C)(O)[C@H]2C1. The first-order valence-corrected chi connectivity index (χ1v) is 6.89.